The van der Waals surface area contributed by atoms with Crippen molar-refractivity contribution in [1.29, 1.82) is 0 Å². The first kappa shape index (κ1) is 31.4. The summed E-state index contributed by atoms with van der Waals surface area (Å²) in [7, 11) is -8.08. The summed E-state index contributed by atoms with van der Waals surface area (Å²) in [5.74, 6) is -0.609. The molecule has 4 aromatic carbocycles. The van der Waals surface area contributed by atoms with Gasteiger partial charge in [0.25, 0.3) is 26.0 Å². The van der Waals surface area contributed by atoms with Gasteiger partial charge in [0.2, 0.25) is 5.95 Å². The fraction of sp³-hybridized carbons (Fsp3) is 0.121. The van der Waals surface area contributed by atoms with E-state index in [-0.39, 0.29) is 33.5 Å². The van der Waals surface area contributed by atoms with Crippen LogP contribution in [0.2, 0.25) is 0 Å². The number of sulfonamides is 2. The lowest BCUT2D eigenvalue weighted by atomic mass is 10.1. The molecule has 0 fully saturated rings. The fourth-order valence-electron chi connectivity index (χ4n) is 4.64. The number of nitrogens with zero attached hydrogens (tertiary/aromatic N) is 3. The van der Waals surface area contributed by atoms with Crippen LogP contribution < -0.4 is 14.3 Å². The maximum atomic E-state index is 14.0. The van der Waals surface area contributed by atoms with Crippen molar-refractivity contribution in [2.45, 2.75) is 37.1 Å². The monoisotopic (exact) mass is 641 g/mol. The molecule has 45 heavy (non-hydrogen) atoms. The standard InChI is InChI=1S/C33H31N5O5S2/c1-23-13-17-29(18-14-23)45(42,43)38(22-26-9-5-4-6-10-26)31-12-8-7-11-30(31)32(39)36-27-15-19-28(20-16-27)44(40,41)37-33-34-24(2)21-25(3)35-33/h4-21H,22H2,1-3H3,(H,36,39)(H,34,35,37). The van der Waals surface area contributed by atoms with E-state index in [1.165, 1.54) is 28.6 Å². The Kier molecular flexibility index (Phi) is 8.98. The lowest BCUT2D eigenvalue weighted by molar-refractivity contribution is 0.102. The lowest BCUT2D eigenvalue weighted by Crippen LogP contribution is -2.32. The number of carbonyl (C=O) groups is 1. The summed E-state index contributed by atoms with van der Waals surface area (Å²) in [4.78, 5) is 21.9. The molecule has 0 aliphatic rings. The predicted molar refractivity (Wildman–Crippen MR) is 174 cm³/mol. The minimum Gasteiger partial charge on any atom is -0.322 e. The Bertz CT molecular complexity index is 2030. The van der Waals surface area contributed by atoms with Crippen LogP contribution in [0.3, 0.4) is 0 Å². The van der Waals surface area contributed by atoms with E-state index < -0.39 is 26.0 Å². The zero-order chi connectivity index (χ0) is 32.2. The maximum absolute atomic E-state index is 14.0. The number of anilines is 3. The van der Waals surface area contributed by atoms with E-state index in [0.29, 0.717) is 17.1 Å². The first-order chi connectivity index (χ1) is 21.4. The van der Waals surface area contributed by atoms with Crippen LogP contribution in [0.15, 0.2) is 119 Å². The van der Waals surface area contributed by atoms with E-state index in [9.17, 15) is 21.6 Å². The van der Waals surface area contributed by atoms with Gasteiger partial charge in [0.15, 0.2) is 0 Å². The van der Waals surface area contributed by atoms with Gasteiger partial charge >= 0.3 is 0 Å². The number of amides is 1. The molecular formula is C33H31N5O5S2. The normalized spacial score (nSPS) is 11.5. The van der Waals surface area contributed by atoms with Gasteiger partial charge in [-0.3, -0.25) is 9.10 Å². The van der Waals surface area contributed by atoms with Crippen molar-refractivity contribution < 1.29 is 21.6 Å². The van der Waals surface area contributed by atoms with Crippen LogP contribution in [0, 0.1) is 20.8 Å². The summed E-state index contributed by atoms with van der Waals surface area (Å²) < 4.78 is 57.5. The van der Waals surface area contributed by atoms with Crippen LogP contribution in [0.4, 0.5) is 17.3 Å². The van der Waals surface area contributed by atoms with Gasteiger partial charge in [-0.05, 0) is 80.9 Å². The molecule has 230 valence electrons. The van der Waals surface area contributed by atoms with Gasteiger partial charge < -0.3 is 5.32 Å². The Balaban J connectivity index is 1.43. The summed E-state index contributed by atoms with van der Waals surface area (Å²) in [6, 6.07) is 29.4. The molecule has 0 radical (unpaired) electrons. The molecule has 0 atom stereocenters. The number of carbonyl (C=O) groups excluding carboxylic acids is 1. The molecule has 0 aliphatic carbocycles. The first-order valence-corrected chi connectivity index (χ1v) is 16.8. The number of hydrogen-bond acceptors (Lipinski definition) is 7. The number of aromatic nitrogens is 2. The zero-order valence-corrected chi connectivity index (χ0v) is 26.4. The third kappa shape index (κ3) is 7.36. The fourth-order valence-corrected chi connectivity index (χ4v) is 7.05. The quantitative estimate of drug-likeness (QED) is 0.195. The third-order valence-electron chi connectivity index (χ3n) is 6.83. The number of benzene rings is 4. The molecule has 0 aliphatic heterocycles. The van der Waals surface area contributed by atoms with Crippen molar-refractivity contribution in [1.82, 2.24) is 9.97 Å². The molecule has 0 saturated heterocycles. The molecule has 10 nitrogen and oxygen atoms in total. The van der Waals surface area contributed by atoms with Crippen LogP contribution in [0.1, 0.15) is 32.9 Å². The Hall–Kier alpha value is -5.07. The molecule has 2 N–H and O–H groups in total. The van der Waals surface area contributed by atoms with E-state index in [1.807, 2.05) is 37.3 Å². The highest BCUT2D eigenvalue weighted by molar-refractivity contribution is 7.93. The second kappa shape index (κ2) is 12.9. The third-order valence-corrected chi connectivity index (χ3v) is 9.94. The summed E-state index contributed by atoms with van der Waals surface area (Å²) in [5, 5.41) is 2.76. The van der Waals surface area contributed by atoms with E-state index in [4.69, 9.17) is 0 Å². The highest BCUT2D eigenvalue weighted by Crippen LogP contribution is 2.30. The molecule has 1 heterocycles. The number of nitrogens with one attached hydrogen (secondary N) is 2. The first-order valence-electron chi connectivity index (χ1n) is 13.9. The van der Waals surface area contributed by atoms with Crippen molar-refractivity contribution in [3.63, 3.8) is 0 Å². The van der Waals surface area contributed by atoms with Crippen LogP contribution in [-0.2, 0) is 26.6 Å². The summed E-state index contributed by atoms with van der Waals surface area (Å²) in [6.45, 7) is 5.34. The van der Waals surface area contributed by atoms with E-state index in [1.54, 1.807) is 68.4 Å². The Labute approximate surface area is 262 Å². The number of rotatable bonds is 10. The van der Waals surface area contributed by atoms with Crippen molar-refractivity contribution >= 4 is 43.3 Å². The van der Waals surface area contributed by atoms with Crippen LogP contribution in [-0.4, -0.2) is 32.7 Å². The van der Waals surface area contributed by atoms with Gasteiger partial charge in [-0.1, -0.05) is 60.2 Å². The van der Waals surface area contributed by atoms with Gasteiger partial charge in [0, 0.05) is 17.1 Å². The minimum absolute atomic E-state index is 0.00885. The SMILES string of the molecule is Cc1ccc(S(=O)(=O)N(Cc2ccccc2)c2ccccc2C(=O)Nc2ccc(S(=O)(=O)Nc3nc(C)cc(C)n3)cc2)cc1. The van der Waals surface area contributed by atoms with Crippen molar-refractivity contribution in [3.8, 4) is 0 Å². The number of hydrogen-bond donors (Lipinski definition) is 2. The summed E-state index contributed by atoms with van der Waals surface area (Å²) in [5.41, 5.74) is 3.51. The smallest absolute Gasteiger partial charge is 0.264 e. The van der Waals surface area contributed by atoms with E-state index in [2.05, 4.69) is 20.0 Å². The van der Waals surface area contributed by atoms with Crippen LogP contribution in [0.5, 0.6) is 0 Å². The highest BCUT2D eigenvalue weighted by atomic mass is 32.2. The van der Waals surface area contributed by atoms with Gasteiger partial charge in [0.05, 0.1) is 27.6 Å². The van der Waals surface area contributed by atoms with Crippen molar-refractivity contribution in [3.05, 3.63) is 137 Å². The molecule has 1 amide bonds. The second-order valence-corrected chi connectivity index (χ2v) is 13.9. The average Bonchev–Trinajstić information content (AvgIpc) is 3.00. The molecule has 0 spiro atoms. The van der Waals surface area contributed by atoms with Gasteiger partial charge in [-0.2, -0.15) is 0 Å². The molecule has 0 unspecified atom stereocenters. The van der Waals surface area contributed by atoms with E-state index >= 15 is 0 Å². The van der Waals surface area contributed by atoms with Gasteiger partial charge in [-0.15, -0.1) is 0 Å². The van der Waals surface area contributed by atoms with Gasteiger partial charge in [-0.25, -0.2) is 31.5 Å². The number of aryl methyl sites for hydroxylation is 3. The average molecular weight is 642 g/mol. The van der Waals surface area contributed by atoms with Crippen LogP contribution in [0.25, 0.3) is 0 Å². The highest BCUT2D eigenvalue weighted by Gasteiger charge is 2.29. The molecule has 5 aromatic rings. The molecular weight excluding hydrogens is 611 g/mol. The zero-order valence-electron chi connectivity index (χ0n) is 24.8. The number of para-hydroxylation sites is 1. The van der Waals surface area contributed by atoms with Gasteiger partial charge in [0.1, 0.15) is 0 Å². The maximum Gasteiger partial charge on any atom is 0.264 e. The van der Waals surface area contributed by atoms with E-state index in [0.717, 1.165) is 11.1 Å². The van der Waals surface area contributed by atoms with Crippen molar-refractivity contribution in [2.75, 3.05) is 14.3 Å². The Morgan fingerprint density at radius 1 is 0.711 bits per heavy atom. The lowest BCUT2D eigenvalue weighted by Gasteiger charge is -2.26. The molecule has 1 aromatic heterocycles. The largest absolute Gasteiger partial charge is 0.322 e. The van der Waals surface area contributed by atoms with Crippen LogP contribution >= 0.6 is 0 Å². The topological polar surface area (TPSA) is 138 Å². The molecule has 0 bridgehead atoms. The predicted octanol–water partition coefficient (Wildman–Crippen LogP) is 5.85. The summed E-state index contributed by atoms with van der Waals surface area (Å²) >= 11 is 0. The Morgan fingerprint density at radius 2 is 1.29 bits per heavy atom. The minimum atomic E-state index is -4.08. The Morgan fingerprint density at radius 3 is 1.93 bits per heavy atom. The summed E-state index contributed by atoms with van der Waals surface area (Å²) in [6.07, 6.45) is 0. The molecule has 0 saturated carbocycles. The molecule has 12 heteroatoms. The molecule has 5 rings (SSSR count). The second-order valence-electron chi connectivity index (χ2n) is 10.4. The van der Waals surface area contributed by atoms with Crippen molar-refractivity contribution in [2.24, 2.45) is 0 Å².